The maximum Gasteiger partial charge on any atom is 0.391 e. The number of hydrogen-bond acceptors (Lipinski definition) is 3. The van der Waals surface area contributed by atoms with Gasteiger partial charge in [-0.15, -0.1) is 0 Å². The Morgan fingerprint density at radius 2 is 1.92 bits per heavy atom. The van der Waals surface area contributed by atoms with Crippen molar-refractivity contribution >= 4 is 17.5 Å². The fraction of sp³-hybridized carbons (Fsp3) is 0.562. The van der Waals surface area contributed by atoms with Crippen LogP contribution >= 0.6 is 0 Å². The Morgan fingerprint density at radius 1 is 1.21 bits per heavy atom. The third-order valence-corrected chi connectivity index (χ3v) is 4.12. The Balaban J connectivity index is 1.72. The van der Waals surface area contributed by atoms with Gasteiger partial charge < -0.3 is 10.6 Å². The summed E-state index contributed by atoms with van der Waals surface area (Å²) in [6.45, 7) is 0.100. The highest BCUT2D eigenvalue weighted by Gasteiger charge is 2.43. The average molecular weight is 343 g/mol. The molecule has 1 aliphatic rings. The molecular formula is C16H20F3N3O2. The van der Waals surface area contributed by atoms with Crippen LogP contribution in [0, 0.1) is 11.8 Å². The molecule has 0 bridgehead atoms. The predicted octanol–water partition coefficient (Wildman–Crippen LogP) is 2.90. The molecule has 2 rings (SSSR count). The fourth-order valence-electron chi connectivity index (χ4n) is 2.83. The maximum atomic E-state index is 12.8. The molecule has 0 aromatic carbocycles. The molecule has 132 valence electrons. The van der Waals surface area contributed by atoms with Crippen molar-refractivity contribution < 1.29 is 22.8 Å². The van der Waals surface area contributed by atoms with Gasteiger partial charge in [0.25, 0.3) is 0 Å². The van der Waals surface area contributed by atoms with Crippen molar-refractivity contribution in [3.63, 3.8) is 0 Å². The molecule has 5 nitrogen and oxygen atoms in total. The summed E-state index contributed by atoms with van der Waals surface area (Å²) in [5, 5.41) is 5.20. The lowest BCUT2D eigenvalue weighted by Crippen LogP contribution is -2.38. The Morgan fingerprint density at radius 3 is 2.58 bits per heavy atom. The van der Waals surface area contributed by atoms with Gasteiger partial charge in [0.1, 0.15) is 0 Å². The van der Waals surface area contributed by atoms with Gasteiger partial charge in [0.15, 0.2) is 0 Å². The molecule has 0 aliphatic heterocycles. The first-order valence-corrected chi connectivity index (χ1v) is 7.90. The summed E-state index contributed by atoms with van der Waals surface area (Å²) < 4.78 is 38.3. The van der Waals surface area contributed by atoms with E-state index >= 15 is 0 Å². The molecule has 2 atom stereocenters. The standard InChI is InChI=1S/C16H20F3N3O2/c17-16(18,19)12-3-1-2-11(10-12)15(24)21-9-6-14(23)22-13-4-7-20-8-5-13/h4-5,7-8,11-12H,1-3,6,9-10H2,(H,21,24)(H,20,22,23)/t11-,12-/m0/s1. The van der Waals surface area contributed by atoms with Crippen LogP contribution in [0.4, 0.5) is 18.9 Å². The van der Waals surface area contributed by atoms with E-state index < -0.39 is 23.9 Å². The average Bonchev–Trinajstić information content (AvgIpc) is 2.55. The summed E-state index contributed by atoms with van der Waals surface area (Å²) >= 11 is 0. The van der Waals surface area contributed by atoms with E-state index in [1.54, 1.807) is 12.1 Å². The minimum absolute atomic E-state index is 0.0590. The molecule has 1 aliphatic carbocycles. The second-order valence-electron chi connectivity index (χ2n) is 5.93. The van der Waals surface area contributed by atoms with E-state index in [1.807, 2.05) is 0 Å². The van der Waals surface area contributed by atoms with E-state index in [4.69, 9.17) is 0 Å². The van der Waals surface area contributed by atoms with Gasteiger partial charge in [0.05, 0.1) is 5.92 Å². The highest BCUT2D eigenvalue weighted by molar-refractivity contribution is 5.91. The van der Waals surface area contributed by atoms with Crippen molar-refractivity contribution in [2.45, 2.75) is 38.3 Å². The first kappa shape index (κ1) is 18.2. The first-order valence-electron chi connectivity index (χ1n) is 7.90. The Labute approximate surface area is 138 Å². The zero-order valence-electron chi connectivity index (χ0n) is 13.1. The van der Waals surface area contributed by atoms with Crippen molar-refractivity contribution in [3.05, 3.63) is 24.5 Å². The van der Waals surface area contributed by atoms with Crippen LogP contribution < -0.4 is 10.6 Å². The van der Waals surface area contributed by atoms with Crippen LogP contribution in [-0.4, -0.2) is 29.5 Å². The summed E-state index contributed by atoms with van der Waals surface area (Å²) in [5.74, 6) is -2.72. The van der Waals surface area contributed by atoms with E-state index in [1.165, 1.54) is 12.4 Å². The van der Waals surface area contributed by atoms with Crippen molar-refractivity contribution in [2.24, 2.45) is 11.8 Å². The third kappa shape index (κ3) is 5.50. The number of carbonyl (C=O) groups is 2. The van der Waals surface area contributed by atoms with Gasteiger partial charge in [-0.25, -0.2) is 0 Å². The molecule has 1 aromatic rings. The molecule has 8 heteroatoms. The predicted molar refractivity (Wildman–Crippen MR) is 82.0 cm³/mol. The van der Waals surface area contributed by atoms with Gasteiger partial charge in [-0.3, -0.25) is 14.6 Å². The number of hydrogen-bond donors (Lipinski definition) is 2. The SMILES string of the molecule is O=C(CCNC(=O)[C@H]1CCC[C@H](C(F)(F)F)C1)Nc1ccncc1. The number of anilines is 1. The normalized spacial score (nSPS) is 21.1. The second-order valence-corrected chi connectivity index (χ2v) is 5.93. The smallest absolute Gasteiger partial charge is 0.355 e. The van der Waals surface area contributed by atoms with Crippen molar-refractivity contribution in [1.82, 2.24) is 10.3 Å². The Kier molecular flexibility index (Phi) is 6.16. The highest BCUT2D eigenvalue weighted by Crippen LogP contribution is 2.39. The van der Waals surface area contributed by atoms with Crippen LogP contribution in [0.15, 0.2) is 24.5 Å². The summed E-state index contributed by atoms with van der Waals surface area (Å²) in [4.78, 5) is 27.5. The van der Waals surface area contributed by atoms with Crippen molar-refractivity contribution in [2.75, 3.05) is 11.9 Å². The molecular weight excluding hydrogens is 323 g/mol. The van der Waals surface area contributed by atoms with Gasteiger partial charge in [-0.2, -0.15) is 13.2 Å². The zero-order valence-corrected chi connectivity index (χ0v) is 13.1. The lowest BCUT2D eigenvalue weighted by atomic mass is 9.80. The van der Waals surface area contributed by atoms with E-state index in [9.17, 15) is 22.8 Å². The number of carbonyl (C=O) groups excluding carboxylic acids is 2. The first-order chi connectivity index (χ1) is 11.4. The number of amides is 2. The van der Waals surface area contributed by atoms with E-state index in [2.05, 4.69) is 15.6 Å². The monoisotopic (exact) mass is 343 g/mol. The number of rotatable bonds is 5. The van der Waals surface area contributed by atoms with Crippen molar-refractivity contribution in [1.29, 1.82) is 0 Å². The van der Waals surface area contributed by atoms with E-state index in [0.717, 1.165) is 0 Å². The van der Waals surface area contributed by atoms with Crippen molar-refractivity contribution in [3.8, 4) is 0 Å². The number of nitrogens with zero attached hydrogens (tertiary/aromatic N) is 1. The third-order valence-electron chi connectivity index (χ3n) is 4.12. The minimum atomic E-state index is -4.25. The van der Waals surface area contributed by atoms with Gasteiger partial charge in [0.2, 0.25) is 11.8 Å². The number of nitrogens with one attached hydrogen (secondary N) is 2. The fourth-order valence-corrected chi connectivity index (χ4v) is 2.83. The lowest BCUT2D eigenvalue weighted by Gasteiger charge is -2.29. The molecule has 2 amide bonds. The highest BCUT2D eigenvalue weighted by atomic mass is 19.4. The number of aromatic nitrogens is 1. The van der Waals surface area contributed by atoms with Crippen LogP contribution in [0.1, 0.15) is 32.1 Å². The van der Waals surface area contributed by atoms with Crippen LogP contribution in [0.25, 0.3) is 0 Å². The van der Waals surface area contributed by atoms with Gasteiger partial charge in [-0.1, -0.05) is 6.42 Å². The van der Waals surface area contributed by atoms with Gasteiger partial charge in [-0.05, 0) is 31.4 Å². The maximum absolute atomic E-state index is 12.8. The molecule has 1 heterocycles. The molecule has 0 unspecified atom stereocenters. The van der Waals surface area contributed by atoms with Gasteiger partial charge >= 0.3 is 6.18 Å². The molecule has 1 aromatic heterocycles. The second kappa shape index (κ2) is 8.12. The Bertz CT molecular complexity index is 563. The van der Waals surface area contributed by atoms with E-state index in [-0.39, 0.29) is 31.7 Å². The molecule has 0 radical (unpaired) electrons. The molecule has 1 fully saturated rings. The van der Waals surface area contributed by atoms with E-state index in [0.29, 0.717) is 18.5 Å². The summed E-state index contributed by atoms with van der Waals surface area (Å²) in [5.41, 5.74) is 0.599. The Hall–Kier alpha value is -2.12. The summed E-state index contributed by atoms with van der Waals surface area (Å²) in [6, 6.07) is 3.27. The van der Waals surface area contributed by atoms with Crippen LogP contribution in [0.2, 0.25) is 0 Å². The summed E-state index contributed by atoms with van der Waals surface area (Å²) in [7, 11) is 0. The quantitative estimate of drug-likeness (QED) is 0.864. The number of pyridine rings is 1. The molecule has 24 heavy (non-hydrogen) atoms. The largest absolute Gasteiger partial charge is 0.391 e. The molecule has 1 saturated carbocycles. The van der Waals surface area contributed by atoms with Gasteiger partial charge in [0, 0.05) is 37.0 Å². The topological polar surface area (TPSA) is 71.1 Å². The number of halogens is 3. The minimum Gasteiger partial charge on any atom is -0.355 e. The molecule has 0 spiro atoms. The molecule has 0 saturated heterocycles. The van der Waals surface area contributed by atoms with Crippen LogP contribution in [0.5, 0.6) is 0 Å². The summed E-state index contributed by atoms with van der Waals surface area (Å²) in [6.07, 6.45) is -0.339. The molecule has 2 N–H and O–H groups in total. The van der Waals surface area contributed by atoms with Crippen LogP contribution in [-0.2, 0) is 9.59 Å². The zero-order chi connectivity index (χ0) is 17.6. The number of alkyl halides is 3. The lowest BCUT2D eigenvalue weighted by molar-refractivity contribution is -0.186. The van der Waals surface area contributed by atoms with Crippen LogP contribution in [0.3, 0.4) is 0 Å².